The molecule has 5 nitrogen and oxygen atoms in total. The average molecular weight is 502 g/mol. The van der Waals surface area contributed by atoms with E-state index in [1.807, 2.05) is 12.1 Å². The average Bonchev–Trinajstić information content (AvgIpc) is 3.66. The molecule has 0 aromatic heterocycles. The van der Waals surface area contributed by atoms with Crippen molar-refractivity contribution in [2.75, 3.05) is 39.9 Å². The van der Waals surface area contributed by atoms with Crippen LogP contribution in [0.2, 0.25) is 10.0 Å². The number of halogens is 2. The zero-order valence-electron chi connectivity index (χ0n) is 19.7. The fourth-order valence-corrected chi connectivity index (χ4v) is 5.83. The Morgan fingerprint density at radius 1 is 1.03 bits per heavy atom. The van der Waals surface area contributed by atoms with Gasteiger partial charge < -0.3 is 9.64 Å². The molecule has 3 aliphatic rings. The maximum atomic E-state index is 13.7. The number of rotatable bonds is 7. The first-order valence-corrected chi connectivity index (χ1v) is 13.0. The van der Waals surface area contributed by atoms with Gasteiger partial charge in [0.25, 0.3) is 0 Å². The van der Waals surface area contributed by atoms with Gasteiger partial charge in [0.2, 0.25) is 5.91 Å². The summed E-state index contributed by atoms with van der Waals surface area (Å²) >= 11 is 12.3. The van der Waals surface area contributed by atoms with Crippen LogP contribution in [-0.2, 0) is 22.5 Å². The first-order chi connectivity index (χ1) is 16.5. The lowest BCUT2D eigenvalue weighted by atomic mass is 9.90. The van der Waals surface area contributed by atoms with Gasteiger partial charge >= 0.3 is 0 Å². The minimum Gasteiger partial charge on any atom is -0.378 e. The second kappa shape index (κ2) is 10.5. The van der Waals surface area contributed by atoms with Gasteiger partial charge in [-0.15, -0.1) is 0 Å². The summed E-state index contributed by atoms with van der Waals surface area (Å²) in [7, 11) is 2.20. The van der Waals surface area contributed by atoms with E-state index in [0.29, 0.717) is 29.7 Å². The van der Waals surface area contributed by atoms with Gasteiger partial charge in [-0.3, -0.25) is 14.6 Å². The fraction of sp³-hybridized carbons (Fsp3) is 0.519. The Morgan fingerprint density at radius 3 is 2.56 bits per heavy atom. The second-order valence-corrected chi connectivity index (χ2v) is 10.8. The van der Waals surface area contributed by atoms with E-state index < -0.39 is 0 Å². The number of ether oxygens (including phenoxy) is 1. The molecule has 3 fully saturated rings. The van der Waals surface area contributed by atoms with Gasteiger partial charge in [-0.2, -0.15) is 0 Å². The van der Waals surface area contributed by atoms with Crippen LogP contribution < -0.4 is 0 Å². The number of carbonyl (C=O) groups is 1. The molecule has 2 aromatic carbocycles. The molecule has 1 aliphatic carbocycles. The van der Waals surface area contributed by atoms with E-state index in [1.165, 1.54) is 18.4 Å². The van der Waals surface area contributed by atoms with Gasteiger partial charge in [0, 0.05) is 26.2 Å². The van der Waals surface area contributed by atoms with Crippen molar-refractivity contribution in [3.05, 3.63) is 69.7 Å². The predicted molar refractivity (Wildman–Crippen MR) is 136 cm³/mol. The molecule has 2 unspecified atom stereocenters. The zero-order chi connectivity index (χ0) is 23.7. The van der Waals surface area contributed by atoms with Crippen LogP contribution in [0.3, 0.4) is 0 Å². The molecule has 2 aliphatic heterocycles. The van der Waals surface area contributed by atoms with E-state index in [4.69, 9.17) is 27.9 Å². The van der Waals surface area contributed by atoms with E-state index in [-0.39, 0.29) is 24.0 Å². The molecule has 0 bridgehead atoms. The fourth-order valence-electron chi connectivity index (χ4n) is 5.51. The number of fused-ring (bicyclic) bond motifs is 1. The minimum absolute atomic E-state index is 0.102. The Morgan fingerprint density at radius 2 is 1.82 bits per heavy atom. The molecule has 182 valence electrons. The van der Waals surface area contributed by atoms with Crippen LogP contribution in [0.4, 0.5) is 0 Å². The van der Waals surface area contributed by atoms with Gasteiger partial charge in [0.15, 0.2) is 0 Å². The Kier molecular flexibility index (Phi) is 7.47. The van der Waals surface area contributed by atoms with E-state index in [9.17, 15) is 4.79 Å². The van der Waals surface area contributed by atoms with Crippen LogP contribution in [0.25, 0.3) is 0 Å². The van der Waals surface area contributed by atoms with Gasteiger partial charge in [-0.25, -0.2) is 0 Å². The van der Waals surface area contributed by atoms with Crippen molar-refractivity contribution in [2.24, 2.45) is 5.92 Å². The van der Waals surface area contributed by atoms with Crippen LogP contribution >= 0.6 is 23.2 Å². The summed E-state index contributed by atoms with van der Waals surface area (Å²) in [5.74, 6) is 0.939. The highest BCUT2D eigenvalue weighted by atomic mass is 35.5. The summed E-state index contributed by atoms with van der Waals surface area (Å²) in [4.78, 5) is 20.7. The van der Waals surface area contributed by atoms with Crippen molar-refractivity contribution < 1.29 is 9.53 Å². The molecule has 7 heteroatoms. The van der Waals surface area contributed by atoms with Crippen LogP contribution in [0.1, 0.15) is 24.0 Å². The van der Waals surface area contributed by atoms with Crippen molar-refractivity contribution in [3.63, 3.8) is 0 Å². The highest BCUT2D eigenvalue weighted by Crippen LogP contribution is 2.33. The summed E-state index contributed by atoms with van der Waals surface area (Å²) in [6.45, 7) is 4.83. The third kappa shape index (κ3) is 5.44. The van der Waals surface area contributed by atoms with Crippen molar-refractivity contribution in [1.29, 1.82) is 0 Å². The molecular weight excluding hydrogens is 469 g/mol. The molecule has 2 aromatic rings. The minimum atomic E-state index is 0.102. The molecule has 5 rings (SSSR count). The van der Waals surface area contributed by atoms with E-state index in [1.54, 1.807) is 6.07 Å². The number of hydrogen-bond donors (Lipinski definition) is 0. The highest BCUT2D eigenvalue weighted by Gasteiger charge is 2.47. The third-order valence-electron chi connectivity index (χ3n) is 7.52. The van der Waals surface area contributed by atoms with Gasteiger partial charge in [0.05, 0.1) is 47.8 Å². The number of benzene rings is 2. The number of amides is 1. The molecule has 0 spiro atoms. The molecule has 0 N–H and O–H groups in total. The number of piperazine rings is 1. The summed E-state index contributed by atoms with van der Waals surface area (Å²) in [5, 5.41) is 1.00. The standard InChI is InChI=1S/C27H33Cl2N3O2/c1-30(15-20-7-8-20)24-17-34-18-25-27(24)32(12-11-31(25)16-19-5-3-2-4-6-19)26(33)14-21-9-10-22(28)23(29)13-21/h2-6,9-10,13,20,24-25,27H,7-8,11-12,14-18H2,1H3/t24?,25?,27-/m1/s1. The topological polar surface area (TPSA) is 36.0 Å². The first kappa shape index (κ1) is 24.1. The maximum Gasteiger partial charge on any atom is 0.227 e. The molecule has 1 amide bonds. The van der Waals surface area contributed by atoms with Crippen molar-refractivity contribution >= 4 is 29.1 Å². The van der Waals surface area contributed by atoms with Gasteiger partial charge in [-0.05, 0) is 49.1 Å². The second-order valence-electron chi connectivity index (χ2n) is 10.0. The van der Waals surface area contributed by atoms with Crippen LogP contribution in [0, 0.1) is 5.92 Å². The quantitative estimate of drug-likeness (QED) is 0.564. The van der Waals surface area contributed by atoms with Crippen molar-refractivity contribution in [3.8, 4) is 0 Å². The molecule has 3 atom stereocenters. The lowest BCUT2D eigenvalue weighted by Gasteiger charge is -2.54. The molecule has 2 heterocycles. The Balaban J connectivity index is 1.38. The van der Waals surface area contributed by atoms with Crippen LogP contribution in [-0.4, -0.2) is 78.6 Å². The van der Waals surface area contributed by atoms with Gasteiger partial charge in [-0.1, -0.05) is 59.6 Å². The highest BCUT2D eigenvalue weighted by molar-refractivity contribution is 6.42. The monoisotopic (exact) mass is 501 g/mol. The molecule has 34 heavy (non-hydrogen) atoms. The SMILES string of the molecule is CN(CC1CC1)C1COCC2[C@@H]1N(C(=O)Cc1ccc(Cl)c(Cl)c1)CCN2Cc1ccccc1. The summed E-state index contributed by atoms with van der Waals surface area (Å²) in [6.07, 6.45) is 2.96. The van der Waals surface area contributed by atoms with E-state index in [0.717, 1.165) is 37.7 Å². The summed E-state index contributed by atoms with van der Waals surface area (Å²) in [5.41, 5.74) is 2.20. The molecule has 2 saturated heterocycles. The first-order valence-electron chi connectivity index (χ1n) is 12.3. The number of hydrogen-bond acceptors (Lipinski definition) is 4. The largest absolute Gasteiger partial charge is 0.378 e. The predicted octanol–water partition coefficient (Wildman–Crippen LogP) is 4.36. The zero-order valence-corrected chi connectivity index (χ0v) is 21.2. The Bertz CT molecular complexity index is 1000. The summed E-state index contributed by atoms with van der Waals surface area (Å²) < 4.78 is 6.16. The number of carbonyl (C=O) groups excluding carboxylic acids is 1. The third-order valence-corrected chi connectivity index (χ3v) is 8.26. The Labute approximate surface area is 212 Å². The summed E-state index contributed by atoms with van der Waals surface area (Å²) in [6, 6.07) is 16.5. The van der Waals surface area contributed by atoms with Gasteiger partial charge in [0.1, 0.15) is 0 Å². The van der Waals surface area contributed by atoms with E-state index in [2.05, 4.69) is 52.1 Å². The molecular formula is C27H33Cl2N3O2. The Hall–Kier alpha value is -1.63. The lowest BCUT2D eigenvalue weighted by molar-refractivity contribution is -0.153. The number of nitrogens with zero attached hydrogens (tertiary/aromatic N) is 3. The van der Waals surface area contributed by atoms with Crippen molar-refractivity contribution in [1.82, 2.24) is 14.7 Å². The maximum absolute atomic E-state index is 13.7. The molecule has 0 radical (unpaired) electrons. The lowest BCUT2D eigenvalue weighted by Crippen LogP contribution is -2.71. The van der Waals surface area contributed by atoms with Crippen LogP contribution in [0.15, 0.2) is 48.5 Å². The smallest absolute Gasteiger partial charge is 0.227 e. The van der Waals surface area contributed by atoms with Crippen LogP contribution in [0.5, 0.6) is 0 Å². The number of likely N-dealkylation sites (N-methyl/N-ethyl adjacent to an activating group) is 1. The molecule has 1 saturated carbocycles. The van der Waals surface area contributed by atoms with E-state index >= 15 is 0 Å². The normalized spacial score (nSPS) is 25.4. The van der Waals surface area contributed by atoms with Crippen molar-refractivity contribution in [2.45, 2.75) is 43.9 Å².